The summed E-state index contributed by atoms with van der Waals surface area (Å²) in [5.41, 5.74) is 1.87. The third-order valence-electron chi connectivity index (χ3n) is 2.93. The van der Waals surface area contributed by atoms with E-state index in [0.29, 0.717) is 6.54 Å². The summed E-state index contributed by atoms with van der Waals surface area (Å²) in [5, 5.41) is 9.36. The van der Waals surface area contributed by atoms with Crippen LogP contribution >= 0.6 is 23.1 Å². The molecule has 1 amide bonds. The van der Waals surface area contributed by atoms with Crippen molar-refractivity contribution in [2.45, 2.75) is 23.1 Å². The zero-order valence-electron chi connectivity index (χ0n) is 11.4. The summed E-state index contributed by atoms with van der Waals surface area (Å²) in [6, 6.07) is 9.83. The number of rotatable bonds is 5. The molecule has 0 saturated carbocycles. The second kappa shape index (κ2) is 6.28. The van der Waals surface area contributed by atoms with Crippen LogP contribution in [-0.2, 0) is 11.3 Å². The number of aromatic nitrogens is 3. The van der Waals surface area contributed by atoms with Crippen LogP contribution in [0.2, 0.25) is 0 Å². The SMILES string of the molecule is C[C@H](Sc1nc2ccccc2s1)C(=O)NCc1ccn[nH]1. The van der Waals surface area contributed by atoms with Gasteiger partial charge in [0.25, 0.3) is 0 Å². The number of hydrogen-bond donors (Lipinski definition) is 2. The van der Waals surface area contributed by atoms with Crippen LogP contribution in [-0.4, -0.2) is 26.3 Å². The van der Waals surface area contributed by atoms with Gasteiger partial charge in [-0.3, -0.25) is 9.89 Å². The topological polar surface area (TPSA) is 70.7 Å². The van der Waals surface area contributed by atoms with Crippen molar-refractivity contribution in [2.75, 3.05) is 0 Å². The molecular formula is C14H14N4OS2. The number of nitrogens with zero attached hydrogens (tertiary/aromatic N) is 2. The third-order valence-corrected chi connectivity index (χ3v) is 5.16. The van der Waals surface area contributed by atoms with E-state index >= 15 is 0 Å². The molecular weight excluding hydrogens is 304 g/mol. The van der Waals surface area contributed by atoms with E-state index in [-0.39, 0.29) is 11.2 Å². The molecule has 1 aromatic carbocycles. The Hall–Kier alpha value is -1.86. The van der Waals surface area contributed by atoms with Crippen LogP contribution in [0.15, 0.2) is 40.9 Å². The second-order valence-electron chi connectivity index (χ2n) is 4.51. The van der Waals surface area contributed by atoms with Gasteiger partial charge in [0.1, 0.15) is 0 Å². The van der Waals surface area contributed by atoms with E-state index < -0.39 is 0 Å². The highest BCUT2D eigenvalue weighted by Crippen LogP contribution is 2.31. The van der Waals surface area contributed by atoms with Gasteiger partial charge in [-0.05, 0) is 25.1 Å². The molecule has 1 atom stereocenters. The van der Waals surface area contributed by atoms with Crippen LogP contribution in [0.4, 0.5) is 0 Å². The maximum absolute atomic E-state index is 12.1. The summed E-state index contributed by atoms with van der Waals surface area (Å²) in [4.78, 5) is 16.6. The Bertz CT molecular complexity index is 705. The Morgan fingerprint density at radius 1 is 1.43 bits per heavy atom. The minimum Gasteiger partial charge on any atom is -0.350 e. The van der Waals surface area contributed by atoms with Crippen LogP contribution in [0, 0.1) is 0 Å². The van der Waals surface area contributed by atoms with Crippen LogP contribution in [0.1, 0.15) is 12.6 Å². The molecule has 0 unspecified atom stereocenters. The first kappa shape index (κ1) is 14.1. The lowest BCUT2D eigenvalue weighted by Gasteiger charge is -2.09. The monoisotopic (exact) mass is 318 g/mol. The number of carbonyl (C=O) groups is 1. The van der Waals surface area contributed by atoms with E-state index in [9.17, 15) is 4.79 Å². The molecule has 0 spiro atoms. The molecule has 0 aliphatic heterocycles. The molecule has 0 bridgehead atoms. The molecule has 3 aromatic rings. The molecule has 0 aliphatic carbocycles. The highest BCUT2D eigenvalue weighted by molar-refractivity contribution is 8.02. The molecule has 108 valence electrons. The third kappa shape index (κ3) is 3.43. The minimum absolute atomic E-state index is 0.00569. The van der Waals surface area contributed by atoms with Crippen LogP contribution < -0.4 is 5.32 Å². The fourth-order valence-electron chi connectivity index (χ4n) is 1.82. The Morgan fingerprint density at radius 2 is 2.29 bits per heavy atom. The molecule has 2 N–H and O–H groups in total. The average Bonchev–Trinajstić information content (AvgIpc) is 3.13. The summed E-state index contributed by atoms with van der Waals surface area (Å²) in [6.07, 6.45) is 1.67. The first-order valence-electron chi connectivity index (χ1n) is 6.50. The first-order chi connectivity index (χ1) is 10.2. The lowest BCUT2D eigenvalue weighted by atomic mass is 10.3. The highest BCUT2D eigenvalue weighted by Gasteiger charge is 2.16. The first-order valence-corrected chi connectivity index (χ1v) is 8.20. The van der Waals surface area contributed by atoms with E-state index in [2.05, 4.69) is 20.5 Å². The molecule has 2 aromatic heterocycles. The quantitative estimate of drug-likeness (QED) is 0.710. The highest BCUT2D eigenvalue weighted by atomic mass is 32.2. The molecule has 7 heteroatoms. The van der Waals surface area contributed by atoms with Gasteiger partial charge in [-0.25, -0.2) is 4.98 Å². The number of aromatic amines is 1. The van der Waals surface area contributed by atoms with E-state index in [4.69, 9.17) is 0 Å². The maximum Gasteiger partial charge on any atom is 0.233 e. The molecule has 21 heavy (non-hydrogen) atoms. The van der Waals surface area contributed by atoms with E-state index in [1.807, 2.05) is 37.3 Å². The summed E-state index contributed by atoms with van der Waals surface area (Å²) in [6.45, 7) is 2.35. The number of carbonyl (C=O) groups excluding carboxylic acids is 1. The van der Waals surface area contributed by atoms with Crippen molar-refractivity contribution < 1.29 is 4.79 Å². The Kier molecular flexibility index (Phi) is 4.21. The fraction of sp³-hybridized carbons (Fsp3) is 0.214. The number of thioether (sulfide) groups is 1. The van der Waals surface area contributed by atoms with Crippen LogP contribution in [0.5, 0.6) is 0 Å². The van der Waals surface area contributed by atoms with Crippen molar-refractivity contribution >= 4 is 39.2 Å². The number of nitrogens with one attached hydrogen (secondary N) is 2. The van der Waals surface area contributed by atoms with Gasteiger partial charge in [-0.2, -0.15) is 5.10 Å². The van der Waals surface area contributed by atoms with Gasteiger partial charge in [0.05, 0.1) is 27.7 Å². The average molecular weight is 318 g/mol. The van der Waals surface area contributed by atoms with E-state index in [0.717, 1.165) is 20.3 Å². The summed E-state index contributed by atoms with van der Waals surface area (Å²) >= 11 is 3.10. The molecule has 0 fully saturated rings. The minimum atomic E-state index is -0.187. The number of para-hydroxylation sites is 1. The Labute approximate surface area is 130 Å². The van der Waals surface area contributed by atoms with Gasteiger partial charge < -0.3 is 5.32 Å². The van der Waals surface area contributed by atoms with Gasteiger partial charge >= 0.3 is 0 Å². The maximum atomic E-state index is 12.1. The largest absolute Gasteiger partial charge is 0.350 e. The Balaban J connectivity index is 1.59. The molecule has 0 radical (unpaired) electrons. The normalized spacial score (nSPS) is 12.4. The number of H-pyrrole nitrogens is 1. The summed E-state index contributed by atoms with van der Waals surface area (Å²) < 4.78 is 2.06. The van der Waals surface area contributed by atoms with Gasteiger partial charge in [0, 0.05) is 6.20 Å². The molecule has 0 saturated heterocycles. The number of benzene rings is 1. The van der Waals surface area contributed by atoms with E-state index in [1.165, 1.54) is 11.8 Å². The standard InChI is InChI=1S/C14H14N4OS2/c1-9(13(19)15-8-10-6-7-16-18-10)20-14-17-11-4-2-3-5-12(11)21-14/h2-7,9H,8H2,1H3,(H,15,19)(H,16,18)/t9-/m0/s1. The Morgan fingerprint density at radius 3 is 3.05 bits per heavy atom. The molecule has 3 rings (SSSR count). The second-order valence-corrected chi connectivity index (χ2v) is 7.13. The zero-order chi connectivity index (χ0) is 14.7. The van der Waals surface area contributed by atoms with Gasteiger partial charge in [0.15, 0.2) is 4.34 Å². The summed E-state index contributed by atoms with van der Waals surface area (Å²) in [5.74, 6) is -0.00569. The summed E-state index contributed by atoms with van der Waals surface area (Å²) in [7, 11) is 0. The fourth-order valence-corrected chi connectivity index (χ4v) is 4.05. The van der Waals surface area contributed by atoms with Gasteiger partial charge in [-0.15, -0.1) is 11.3 Å². The van der Waals surface area contributed by atoms with Crippen LogP contribution in [0.3, 0.4) is 0 Å². The lowest BCUT2D eigenvalue weighted by molar-refractivity contribution is -0.120. The number of thiazole rings is 1. The molecule has 2 heterocycles. The van der Waals surface area contributed by atoms with Crippen molar-refractivity contribution in [3.05, 3.63) is 42.2 Å². The van der Waals surface area contributed by atoms with Crippen molar-refractivity contribution in [3.8, 4) is 0 Å². The number of hydrogen-bond acceptors (Lipinski definition) is 5. The smallest absolute Gasteiger partial charge is 0.233 e. The van der Waals surface area contributed by atoms with Crippen molar-refractivity contribution in [3.63, 3.8) is 0 Å². The molecule has 0 aliphatic rings. The van der Waals surface area contributed by atoms with Crippen LogP contribution in [0.25, 0.3) is 10.2 Å². The van der Waals surface area contributed by atoms with Gasteiger partial charge in [0.2, 0.25) is 5.91 Å². The van der Waals surface area contributed by atoms with Crippen molar-refractivity contribution in [1.82, 2.24) is 20.5 Å². The molecule has 5 nitrogen and oxygen atoms in total. The number of amides is 1. The van der Waals surface area contributed by atoms with Crippen molar-refractivity contribution in [1.29, 1.82) is 0 Å². The van der Waals surface area contributed by atoms with Gasteiger partial charge in [-0.1, -0.05) is 23.9 Å². The van der Waals surface area contributed by atoms with Crippen molar-refractivity contribution in [2.24, 2.45) is 0 Å². The van der Waals surface area contributed by atoms with E-state index in [1.54, 1.807) is 17.5 Å². The predicted molar refractivity (Wildman–Crippen MR) is 85.4 cm³/mol. The number of fused-ring (bicyclic) bond motifs is 1. The lowest BCUT2D eigenvalue weighted by Crippen LogP contribution is -2.30. The zero-order valence-corrected chi connectivity index (χ0v) is 13.0. The predicted octanol–water partition coefficient (Wildman–Crippen LogP) is 2.82.